The van der Waals surface area contributed by atoms with E-state index in [0.717, 1.165) is 0 Å². The lowest BCUT2D eigenvalue weighted by molar-refractivity contribution is 1.45. The zero-order valence-electron chi connectivity index (χ0n) is 3.53. The highest BCUT2D eigenvalue weighted by Gasteiger charge is 1.68. The average molecular weight is 132 g/mol. The third kappa shape index (κ3) is 5.86. The van der Waals surface area contributed by atoms with Crippen LogP contribution >= 0.6 is 24.4 Å². The second-order valence-electron chi connectivity index (χ2n) is 0.630. The predicted octanol–water partition coefficient (Wildman–Crippen LogP) is 1.12. The Morgan fingerprint density at radius 2 is 2.71 bits per heavy atom. The molecule has 0 radical (unpaired) electrons. The number of thioether (sulfide) groups is 1. The number of aliphatic imine (C=N–C) groups is 1. The second-order valence-corrected chi connectivity index (χ2v) is 2.21. The topological polar surface area (TPSA) is 36.1 Å². The van der Waals surface area contributed by atoms with Crippen LogP contribution in [0.4, 0.5) is 0 Å². The van der Waals surface area contributed by atoms with Gasteiger partial charge in [-0.2, -0.15) is 22.9 Å². The number of hydrogen-bond donors (Lipinski definition) is 1. The molecule has 0 aromatic heterocycles. The zero-order valence-corrected chi connectivity index (χ0v) is 5.25. The zero-order chi connectivity index (χ0) is 5.54. The first-order chi connectivity index (χ1) is 3.41. The number of thiol groups is 1. The van der Waals surface area contributed by atoms with E-state index in [9.17, 15) is 0 Å². The fourth-order valence-corrected chi connectivity index (χ4v) is 0.483. The molecule has 0 unspecified atom stereocenters. The van der Waals surface area contributed by atoms with Crippen LogP contribution in [-0.4, -0.2) is 10.6 Å². The summed E-state index contributed by atoms with van der Waals surface area (Å²) in [6, 6.07) is 0. The summed E-state index contributed by atoms with van der Waals surface area (Å²) < 4.78 is 0. The Morgan fingerprint density at radius 3 is 3.14 bits per heavy atom. The summed E-state index contributed by atoms with van der Waals surface area (Å²) in [6.45, 7) is 0. The minimum absolute atomic E-state index is 0.672. The summed E-state index contributed by atoms with van der Waals surface area (Å²) in [4.78, 5) is 3.26. The van der Waals surface area contributed by atoms with Gasteiger partial charge in [0.05, 0.1) is 5.55 Å². The quantitative estimate of drug-likeness (QED) is 0.201. The molecule has 0 atom stereocenters. The van der Waals surface area contributed by atoms with Crippen molar-refractivity contribution in [2.24, 2.45) is 4.99 Å². The molecule has 7 heavy (non-hydrogen) atoms. The van der Waals surface area contributed by atoms with Crippen molar-refractivity contribution in [1.82, 2.24) is 0 Å². The van der Waals surface area contributed by atoms with Crippen LogP contribution in [0, 0.1) is 11.5 Å². The summed E-state index contributed by atoms with van der Waals surface area (Å²) in [5.41, 5.74) is 1.47. The van der Waals surface area contributed by atoms with Gasteiger partial charge >= 0.3 is 0 Å². The Morgan fingerprint density at radius 1 is 2.00 bits per heavy atom. The smallest absolute Gasteiger partial charge is 0.175 e. The summed E-state index contributed by atoms with van der Waals surface area (Å²) in [6.07, 6.45) is 1.62. The molecular weight excluding hydrogens is 128 g/mol. The number of nitrogens with zero attached hydrogens (tertiary/aromatic N) is 2. The molecular formula is C3H4N2S2. The van der Waals surface area contributed by atoms with E-state index in [1.54, 1.807) is 6.19 Å². The van der Waals surface area contributed by atoms with Crippen LogP contribution in [0.25, 0.3) is 0 Å². The molecule has 0 aromatic carbocycles. The molecule has 0 aromatic rings. The van der Waals surface area contributed by atoms with Gasteiger partial charge in [0.15, 0.2) is 0 Å². The molecule has 0 aliphatic rings. The van der Waals surface area contributed by atoms with E-state index < -0.39 is 0 Å². The minimum atomic E-state index is 0.672. The molecule has 0 rings (SSSR count). The average Bonchev–Trinajstić information content (AvgIpc) is 1.69. The number of rotatable bonds is 2. The first-order valence-corrected chi connectivity index (χ1v) is 3.23. The highest BCUT2D eigenvalue weighted by molar-refractivity contribution is 8.18. The third-order valence-corrected chi connectivity index (χ3v) is 1.11. The number of nitriles is 1. The highest BCUT2D eigenvalue weighted by atomic mass is 32.2. The molecule has 0 saturated heterocycles. The number of hydrogen-bond acceptors (Lipinski definition) is 4. The Bertz CT molecular complexity index is 93.6. The van der Waals surface area contributed by atoms with E-state index >= 15 is 0 Å². The standard InChI is InChI=1S/C3H4N2S2/c4-1-5-2-7-3-6/h2,6H,3H2/b5-2+. The Kier molecular flexibility index (Phi) is 5.74. The maximum absolute atomic E-state index is 7.81. The molecule has 0 N–H and O–H groups in total. The van der Waals surface area contributed by atoms with Gasteiger partial charge in [-0.25, -0.2) is 0 Å². The van der Waals surface area contributed by atoms with Crippen molar-refractivity contribution in [1.29, 1.82) is 5.26 Å². The van der Waals surface area contributed by atoms with E-state index in [4.69, 9.17) is 5.26 Å². The van der Waals surface area contributed by atoms with Crippen LogP contribution < -0.4 is 0 Å². The van der Waals surface area contributed by atoms with Crippen LogP contribution in [0.2, 0.25) is 0 Å². The van der Waals surface area contributed by atoms with Gasteiger partial charge < -0.3 is 0 Å². The Balaban J connectivity index is 2.97. The molecule has 0 spiro atoms. The maximum atomic E-state index is 7.81. The van der Waals surface area contributed by atoms with E-state index in [1.165, 1.54) is 17.3 Å². The lowest BCUT2D eigenvalue weighted by Crippen LogP contribution is -1.59. The molecule has 0 saturated carbocycles. The summed E-state index contributed by atoms with van der Waals surface area (Å²) >= 11 is 5.24. The van der Waals surface area contributed by atoms with Gasteiger partial charge in [0.2, 0.25) is 6.19 Å². The van der Waals surface area contributed by atoms with Gasteiger partial charge in [-0.1, -0.05) is 0 Å². The SMILES string of the molecule is N#C/N=C/SCS. The van der Waals surface area contributed by atoms with Crippen LogP contribution in [-0.2, 0) is 0 Å². The van der Waals surface area contributed by atoms with Crippen molar-refractivity contribution in [3.63, 3.8) is 0 Å². The van der Waals surface area contributed by atoms with Crippen molar-refractivity contribution in [2.75, 3.05) is 5.08 Å². The van der Waals surface area contributed by atoms with Crippen molar-refractivity contribution in [3.8, 4) is 6.19 Å². The third-order valence-electron chi connectivity index (χ3n) is 0.260. The van der Waals surface area contributed by atoms with Crippen LogP contribution in [0.5, 0.6) is 0 Å². The van der Waals surface area contributed by atoms with E-state index in [2.05, 4.69) is 17.6 Å². The Hall–Kier alpha value is -0.140. The molecule has 0 fully saturated rings. The van der Waals surface area contributed by atoms with Gasteiger partial charge in [-0.15, -0.1) is 11.8 Å². The molecule has 0 aliphatic carbocycles. The molecule has 4 heteroatoms. The van der Waals surface area contributed by atoms with Crippen molar-refractivity contribution < 1.29 is 0 Å². The first kappa shape index (κ1) is 6.86. The summed E-state index contributed by atoms with van der Waals surface area (Å²) in [5.74, 6) is 0. The van der Waals surface area contributed by atoms with E-state index in [0.29, 0.717) is 5.08 Å². The fraction of sp³-hybridized carbons (Fsp3) is 0.333. The Labute approximate surface area is 52.0 Å². The fourth-order valence-electron chi connectivity index (χ4n) is 0.0942. The molecule has 2 nitrogen and oxygen atoms in total. The molecule has 38 valence electrons. The minimum Gasteiger partial charge on any atom is -0.175 e. The van der Waals surface area contributed by atoms with Gasteiger partial charge in [-0.05, 0) is 0 Å². The van der Waals surface area contributed by atoms with Crippen LogP contribution in [0.15, 0.2) is 4.99 Å². The lowest BCUT2D eigenvalue weighted by atomic mass is 11.3. The summed E-state index contributed by atoms with van der Waals surface area (Å²) in [5, 5.41) is 8.48. The first-order valence-electron chi connectivity index (χ1n) is 1.55. The van der Waals surface area contributed by atoms with Crippen LogP contribution in [0.1, 0.15) is 0 Å². The lowest BCUT2D eigenvalue weighted by Gasteiger charge is -1.74. The largest absolute Gasteiger partial charge is 0.206 e. The van der Waals surface area contributed by atoms with Crippen LogP contribution in [0.3, 0.4) is 0 Å². The molecule has 0 bridgehead atoms. The van der Waals surface area contributed by atoms with Gasteiger partial charge in [0.1, 0.15) is 0 Å². The van der Waals surface area contributed by atoms with E-state index in [-0.39, 0.29) is 0 Å². The second kappa shape index (κ2) is 5.86. The predicted molar refractivity (Wildman–Crippen MR) is 35.5 cm³/mol. The van der Waals surface area contributed by atoms with Gasteiger partial charge in [0, 0.05) is 5.08 Å². The normalized spacial score (nSPS) is 9.14. The molecule has 0 heterocycles. The molecule has 0 aliphatic heterocycles. The van der Waals surface area contributed by atoms with Crippen molar-refractivity contribution in [2.45, 2.75) is 0 Å². The van der Waals surface area contributed by atoms with Gasteiger partial charge in [-0.3, -0.25) is 0 Å². The van der Waals surface area contributed by atoms with Crippen molar-refractivity contribution >= 4 is 29.9 Å². The molecule has 0 amide bonds. The summed E-state index contributed by atoms with van der Waals surface area (Å²) in [7, 11) is 0. The maximum Gasteiger partial charge on any atom is 0.206 e. The van der Waals surface area contributed by atoms with Crippen molar-refractivity contribution in [3.05, 3.63) is 0 Å². The monoisotopic (exact) mass is 132 g/mol. The highest BCUT2D eigenvalue weighted by Crippen LogP contribution is 1.94. The van der Waals surface area contributed by atoms with E-state index in [1.807, 2.05) is 0 Å². The van der Waals surface area contributed by atoms with Gasteiger partial charge in [0.25, 0.3) is 0 Å².